The Morgan fingerprint density at radius 3 is 2.33 bits per heavy atom. The SMILES string of the molecule is N#CCN1CCC(NS(=O)(=O)N2CCCC2)CC1. The zero-order valence-electron chi connectivity index (χ0n) is 10.5. The highest BCUT2D eigenvalue weighted by Crippen LogP contribution is 2.15. The number of nitrogens with zero attached hydrogens (tertiary/aromatic N) is 3. The Kier molecular flexibility index (Phi) is 4.56. The predicted octanol–water partition coefficient (Wildman–Crippen LogP) is -0.0954. The average molecular weight is 272 g/mol. The zero-order chi connectivity index (χ0) is 13.0. The smallest absolute Gasteiger partial charge is 0.279 e. The second-order valence-electron chi connectivity index (χ2n) is 4.94. The standard InChI is InChI=1S/C11H20N4O2S/c12-5-10-14-8-3-11(4-9-14)13-18(16,17)15-6-1-2-7-15/h11,13H,1-4,6-10H2. The van der Waals surface area contributed by atoms with Gasteiger partial charge in [0.15, 0.2) is 0 Å². The monoisotopic (exact) mass is 272 g/mol. The molecule has 0 aromatic carbocycles. The van der Waals surface area contributed by atoms with Crippen molar-refractivity contribution in [3.05, 3.63) is 0 Å². The van der Waals surface area contributed by atoms with Crippen LogP contribution in [0.4, 0.5) is 0 Å². The minimum atomic E-state index is -3.29. The Morgan fingerprint density at radius 1 is 1.17 bits per heavy atom. The summed E-state index contributed by atoms with van der Waals surface area (Å²) >= 11 is 0. The van der Waals surface area contributed by atoms with E-state index < -0.39 is 10.2 Å². The third-order valence-corrected chi connectivity index (χ3v) is 5.28. The second-order valence-corrected chi connectivity index (χ2v) is 6.64. The van der Waals surface area contributed by atoms with Gasteiger partial charge in [-0.3, -0.25) is 4.90 Å². The Balaban J connectivity index is 1.82. The van der Waals surface area contributed by atoms with Crippen molar-refractivity contribution < 1.29 is 8.42 Å². The Morgan fingerprint density at radius 2 is 1.78 bits per heavy atom. The highest BCUT2D eigenvalue weighted by atomic mass is 32.2. The van der Waals surface area contributed by atoms with Crippen LogP contribution in [0.5, 0.6) is 0 Å². The maximum absolute atomic E-state index is 12.1. The van der Waals surface area contributed by atoms with Crippen molar-refractivity contribution in [1.82, 2.24) is 13.9 Å². The van der Waals surface area contributed by atoms with E-state index in [1.165, 1.54) is 4.31 Å². The molecule has 2 fully saturated rings. The third kappa shape index (κ3) is 3.42. The number of nitrogens with one attached hydrogen (secondary N) is 1. The number of hydrogen-bond donors (Lipinski definition) is 1. The summed E-state index contributed by atoms with van der Waals surface area (Å²) in [7, 11) is -3.29. The van der Waals surface area contributed by atoms with Gasteiger partial charge in [-0.25, -0.2) is 0 Å². The van der Waals surface area contributed by atoms with Gasteiger partial charge in [-0.15, -0.1) is 0 Å². The van der Waals surface area contributed by atoms with Gasteiger partial charge in [-0.05, 0) is 25.7 Å². The van der Waals surface area contributed by atoms with Crippen LogP contribution in [0, 0.1) is 11.3 Å². The summed E-state index contributed by atoms with van der Waals surface area (Å²) in [6.07, 6.45) is 3.49. The molecule has 0 aromatic rings. The summed E-state index contributed by atoms with van der Waals surface area (Å²) in [5.74, 6) is 0. The molecule has 2 heterocycles. The molecule has 0 saturated carbocycles. The van der Waals surface area contributed by atoms with Gasteiger partial charge in [0.25, 0.3) is 10.2 Å². The second kappa shape index (κ2) is 5.97. The number of rotatable bonds is 4. The highest BCUT2D eigenvalue weighted by molar-refractivity contribution is 7.87. The Hall–Kier alpha value is -0.680. The molecule has 0 amide bonds. The fourth-order valence-corrected chi connectivity index (χ4v) is 4.07. The minimum absolute atomic E-state index is 0.0190. The van der Waals surface area contributed by atoms with Crippen LogP contribution in [0.15, 0.2) is 0 Å². The van der Waals surface area contributed by atoms with Gasteiger partial charge in [-0.2, -0.15) is 22.7 Å². The van der Waals surface area contributed by atoms with Crippen molar-refractivity contribution in [1.29, 1.82) is 5.26 Å². The largest absolute Gasteiger partial charge is 0.290 e. The van der Waals surface area contributed by atoms with Gasteiger partial charge < -0.3 is 0 Å². The number of piperidine rings is 1. The van der Waals surface area contributed by atoms with E-state index in [2.05, 4.69) is 15.7 Å². The van der Waals surface area contributed by atoms with E-state index in [0.29, 0.717) is 19.6 Å². The lowest BCUT2D eigenvalue weighted by atomic mass is 10.1. The van der Waals surface area contributed by atoms with Crippen molar-refractivity contribution in [3.8, 4) is 6.07 Å². The maximum Gasteiger partial charge on any atom is 0.279 e. The van der Waals surface area contributed by atoms with Crippen molar-refractivity contribution in [2.45, 2.75) is 31.7 Å². The van der Waals surface area contributed by atoms with Crippen LogP contribution in [0.25, 0.3) is 0 Å². The van der Waals surface area contributed by atoms with Crippen LogP contribution in [0.3, 0.4) is 0 Å². The lowest BCUT2D eigenvalue weighted by molar-refractivity contribution is 0.227. The lowest BCUT2D eigenvalue weighted by Crippen LogP contribution is -2.48. The molecule has 7 heteroatoms. The summed E-state index contributed by atoms with van der Waals surface area (Å²) in [6.45, 7) is 3.30. The molecule has 1 N–H and O–H groups in total. The average Bonchev–Trinajstić information content (AvgIpc) is 2.86. The molecule has 0 aliphatic carbocycles. The van der Waals surface area contributed by atoms with Crippen molar-refractivity contribution >= 4 is 10.2 Å². The highest BCUT2D eigenvalue weighted by Gasteiger charge is 2.29. The van der Waals surface area contributed by atoms with Crippen LogP contribution < -0.4 is 4.72 Å². The molecule has 0 unspecified atom stereocenters. The Bertz CT molecular complexity index is 403. The summed E-state index contributed by atoms with van der Waals surface area (Å²) in [4.78, 5) is 2.06. The molecule has 0 bridgehead atoms. The van der Waals surface area contributed by atoms with Gasteiger partial charge in [0.05, 0.1) is 12.6 Å². The quantitative estimate of drug-likeness (QED) is 0.725. The molecule has 18 heavy (non-hydrogen) atoms. The lowest BCUT2D eigenvalue weighted by Gasteiger charge is -2.31. The molecule has 102 valence electrons. The van der Waals surface area contributed by atoms with Crippen LogP contribution in [0.1, 0.15) is 25.7 Å². The van der Waals surface area contributed by atoms with Gasteiger partial charge >= 0.3 is 0 Å². The van der Waals surface area contributed by atoms with E-state index in [0.717, 1.165) is 38.8 Å². The predicted molar refractivity (Wildman–Crippen MR) is 67.9 cm³/mol. The van der Waals surface area contributed by atoms with Gasteiger partial charge in [-0.1, -0.05) is 0 Å². The van der Waals surface area contributed by atoms with Gasteiger partial charge in [0, 0.05) is 32.2 Å². The zero-order valence-corrected chi connectivity index (χ0v) is 11.3. The van der Waals surface area contributed by atoms with Crippen LogP contribution in [0.2, 0.25) is 0 Å². The normalized spacial score (nSPS) is 24.2. The van der Waals surface area contributed by atoms with Crippen LogP contribution in [-0.4, -0.2) is 56.4 Å². The van der Waals surface area contributed by atoms with E-state index in [1.54, 1.807) is 0 Å². The number of nitriles is 1. The fraction of sp³-hybridized carbons (Fsp3) is 0.909. The number of likely N-dealkylation sites (tertiary alicyclic amines) is 1. The molecule has 6 nitrogen and oxygen atoms in total. The third-order valence-electron chi connectivity index (χ3n) is 3.60. The summed E-state index contributed by atoms with van der Waals surface area (Å²) < 4.78 is 28.4. The van der Waals surface area contributed by atoms with E-state index in [1.807, 2.05) is 0 Å². The van der Waals surface area contributed by atoms with Crippen molar-refractivity contribution in [3.63, 3.8) is 0 Å². The Labute approximate surface area is 109 Å². The number of hydrogen-bond acceptors (Lipinski definition) is 4. The molecule has 2 aliphatic heterocycles. The molecule has 0 spiro atoms. The molecular formula is C11H20N4O2S. The first kappa shape index (κ1) is 13.7. The van der Waals surface area contributed by atoms with Gasteiger partial charge in [0.2, 0.25) is 0 Å². The van der Waals surface area contributed by atoms with E-state index in [9.17, 15) is 8.42 Å². The molecule has 0 radical (unpaired) electrons. The first-order valence-electron chi connectivity index (χ1n) is 6.48. The summed E-state index contributed by atoms with van der Waals surface area (Å²) in [5.41, 5.74) is 0. The first-order valence-corrected chi connectivity index (χ1v) is 7.92. The van der Waals surface area contributed by atoms with Crippen LogP contribution in [-0.2, 0) is 10.2 Å². The molecule has 2 rings (SSSR count). The van der Waals surface area contributed by atoms with E-state index in [-0.39, 0.29) is 6.04 Å². The van der Waals surface area contributed by atoms with E-state index in [4.69, 9.17) is 5.26 Å². The first-order chi connectivity index (χ1) is 8.62. The van der Waals surface area contributed by atoms with E-state index >= 15 is 0 Å². The van der Waals surface area contributed by atoms with Crippen LogP contribution >= 0.6 is 0 Å². The van der Waals surface area contributed by atoms with Gasteiger partial charge in [0.1, 0.15) is 0 Å². The molecule has 0 aromatic heterocycles. The molecular weight excluding hydrogens is 252 g/mol. The molecule has 0 atom stereocenters. The molecule has 2 aliphatic rings. The summed E-state index contributed by atoms with van der Waals surface area (Å²) in [6, 6.07) is 2.14. The topological polar surface area (TPSA) is 76.4 Å². The maximum atomic E-state index is 12.1. The fourth-order valence-electron chi connectivity index (χ4n) is 2.52. The molecule has 2 saturated heterocycles. The van der Waals surface area contributed by atoms with Crippen molar-refractivity contribution in [2.75, 3.05) is 32.7 Å². The minimum Gasteiger partial charge on any atom is -0.290 e. The van der Waals surface area contributed by atoms with Crippen molar-refractivity contribution in [2.24, 2.45) is 0 Å². The summed E-state index contributed by atoms with van der Waals surface area (Å²) in [5, 5.41) is 8.60.